The third-order valence-electron chi connectivity index (χ3n) is 6.49. The van der Waals surface area contributed by atoms with E-state index in [9.17, 15) is 9.18 Å². The predicted molar refractivity (Wildman–Crippen MR) is 105 cm³/mol. The highest BCUT2D eigenvalue weighted by molar-refractivity contribution is 5.88. The van der Waals surface area contributed by atoms with Crippen molar-refractivity contribution in [2.24, 2.45) is 0 Å². The first-order valence-corrected chi connectivity index (χ1v) is 10.1. The van der Waals surface area contributed by atoms with Gasteiger partial charge in [0.25, 0.3) is 5.91 Å². The number of carbonyl (C=O) groups is 1. The molecule has 3 aliphatic rings. The molecule has 0 aliphatic carbocycles. The van der Waals surface area contributed by atoms with E-state index in [1.54, 1.807) is 12.1 Å². The van der Waals surface area contributed by atoms with E-state index >= 15 is 0 Å². The minimum atomic E-state index is -0.794. The highest BCUT2D eigenvalue weighted by Crippen LogP contribution is 2.47. The minimum Gasteiger partial charge on any atom is -0.369 e. The Morgan fingerprint density at radius 3 is 2.55 bits per heavy atom. The monoisotopic (exact) mass is 391 g/mol. The van der Waals surface area contributed by atoms with Gasteiger partial charge in [0.15, 0.2) is 5.60 Å². The topological polar surface area (TPSA) is 56.6 Å². The Morgan fingerprint density at radius 2 is 1.86 bits per heavy atom. The van der Waals surface area contributed by atoms with Gasteiger partial charge in [-0.25, -0.2) is 4.39 Å². The normalized spacial score (nSPS) is 25.3. The van der Waals surface area contributed by atoms with Crippen molar-refractivity contribution >= 4 is 11.6 Å². The molecule has 148 valence electrons. The van der Waals surface area contributed by atoms with Crippen LogP contribution in [0.1, 0.15) is 42.9 Å². The maximum absolute atomic E-state index is 14.4. The molecule has 2 aromatic rings. The molecule has 0 radical (unpaired) electrons. The van der Waals surface area contributed by atoms with Crippen LogP contribution in [0.2, 0.25) is 0 Å². The fourth-order valence-electron chi connectivity index (χ4n) is 4.99. The Hall–Kier alpha value is -2.91. The molecule has 1 spiro atoms. The van der Waals surface area contributed by atoms with E-state index in [1.807, 2.05) is 34.1 Å². The van der Waals surface area contributed by atoms with Crippen LogP contribution >= 0.6 is 0 Å². The highest BCUT2D eigenvalue weighted by atomic mass is 19.1. The number of halogens is 1. The molecule has 5 nitrogen and oxygen atoms in total. The summed E-state index contributed by atoms with van der Waals surface area (Å²) in [5.41, 5.74) is 1.15. The fraction of sp³-hybridized carbons (Fsp3) is 0.391. The molecule has 0 bridgehead atoms. The van der Waals surface area contributed by atoms with Gasteiger partial charge < -0.3 is 14.5 Å². The van der Waals surface area contributed by atoms with E-state index in [0.29, 0.717) is 37.2 Å². The summed E-state index contributed by atoms with van der Waals surface area (Å²) in [5, 5.41) is 8.93. The molecule has 5 rings (SSSR count). The molecule has 3 aliphatic heterocycles. The number of piperidine rings is 1. The highest BCUT2D eigenvalue weighted by Gasteiger charge is 2.57. The number of rotatable bonds is 2. The molecule has 29 heavy (non-hydrogen) atoms. The molecule has 3 saturated heterocycles. The van der Waals surface area contributed by atoms with E-state index in [0.717, 1.165) is 18.4 Å². The largest absolute Gasteiger partial charge is 0.369 e. The summed E-state index contributed by atoms with van der Waals surface area (Å²) < 4.78 is 20.7. The lowest BCUT2D eigenvalue weighted by Crippen LogP contribution is -2.50. The zero-order valence-electron chi connectivity index (χ0n) is 16.1. The summed E-state index contributed by atoms with van der Waals surface area (Å²) in [6.07, 6.45) is 2.69. The van der Waals surface area contributed by atoms with E-state index in [-0.39, 0.29) is 18.2 Å². The summed E-state index contributed by atoms with van der Waals surface area (Å²) in [7, 11) is 0. The SMILES string of the molecule is N#Cc1ccc(N2CCC3(CC2)O[C@@H]2CC[C@@H](c4ccccc4)N2C3=O)c(F)c1. The van der Waals surface area contributed by atoms with Crippen molar-refractivity contribution in [3.63, 3.8) is 0 Å². The number of hydrogen-bond donors (Lipinski definition) is 0. The molecule has 2 atom stereocenters. The van der Waals surface area contributed by atoms with E-state index in [4.69, 9.17) is 10.00 Å². The van der Waals surface area contributed by atoms with Gasteiger partial charge in [0, 0.05) is 25.9 Å². The number of benzene rings is 2. The molecular weight excluding hydrogens is 369 g/mol. The van der Waals surface area contributed by atoms with E-state index in [2.05, 4.69) is 12.1 Å². The molecule has 0 aromatic heterocycles. The van der Waals surface area contributed by atoms with Gasteiger partial charge in [0.05, 0.1) is 23.4 Å². The van der Waals surface area contributed by atoms with Gasteiger partial charge in [-0.15, -0.1) is 0 Å². The molecule has 3 heterocycles. The van der Waals surface area contributed by atoms with Crippen molar-refractivity contribution in [3.8, 4) is 6.07 Å². The first kappa shape index (κ1) is 18.1. The van der Waals surface area contributed by atoms with Crippen LogP contribution in [0.3, 0.4) is 0 Å². The lowest BCUT2D eigenvalue weighted by Gasteiger charge is -2.38. The number of nitrogens with zero attached hydrogens (tertiary/aromatic N) is 3. The van der Waals surface area contributed by atoms with Gasteiger partial charge in [-0.1, -0.05) is 30.3 Å². The van der Waals surface area contributed by atoms with Crippen LogP contribution in [-0.2, 0) is 9.53 Å². The quantitative estimate of drug-likeness (QED) is 0.782. The van der Waals surface area contributed by atoms with Crippen molar-refractivity contribution in [2.75, 3.05) is 18.0 Å². The fourth-order valence-corrected chi connectivity index (χ4v) is 4.99. The molecule has 0 unspecified atom stereocenters. The molecule has 2 aromatic carbocycles. The second-order valence-corrected chi connectivity index (χ2v) is 8.05. The summed E-state index contributed by atoms with van der Waals surface area (Å²) in [6, 6.07) is 16.7. The van der Waals surface area contributed by atoms with Crippen molar-refractivity contribution in [3.05, 3.63) is 65.5 Å². The van der Waals surface area contributed by atoms with Crippen molar-refractivity contribution in [1.82, 2.24) is 4.90 Å². The first-order chi connectivity index (χ1) is 14.1. The average Bonchev–Trinajstić information content (AvgIpc) is 3.28. The molecular formula is C23H22FN3O2. The van der Waals surface area contributed by atoms with Gasteiger partial charge in [-0.3, -0.25) is 4.79 Å². The number of ether oxygens (including phenoxy) is 1. The van der Waals surface area contributed by atoms with Gasteiger partial charge in [-0.05, 0) is 36.6 Å². The van der Waals surface area contributed by atoms with Crippen LogP contribution in [0.15, 0.2) is 48.5 Å². The van der Waals surface area contributed by atoms with E-state index < -0.39 is 11.4 Å². The van der Waals surface area contributed by atoms with Crippen molar-refractivity contribution in [1.29, 1.82) is 5.26 Å². The van der Waals surface area contributed by atoms with Gasteiger partial charge in [0.2, 0.25) is 0 Å². The van der Waals surface area contributed by atoms with Crippen LogP contribution in [-0.4, -0.2) is 35.7 Å². The molecule has 3 fully saturated rings. The van der Waals surface area contributed by atoms with E-state index in [1.165, 1.54) is 6.07 Å². The smallest absolute Gasteiger partial charge is 0.257 e. The molecule has 0 saturated carbocycles. The molecule has 0 N–H and O–H groups in total. The number of nitriles is 1. The van der Waals surface area contributed by atoms with Gasteiger partial charge in [0.1, 0.15) is 12.0 Å². The maximum Gasteiger partial charge on any atom is 0.257 e. The van der Waals surface area contributed by atoms with Crippen molar-refractivity contribution in [2.45, 2.75) is 43.6 Å². The molecule has 1 amide bonds. The third kappa shape index (κ3) is 2.89. The lowest BCUT2D eigenvalue weighted by atomic mass is 9.89. The van der Waals surface area contributed by atoms with Crippen LogP contribution in [0.5, 0.6) is 0 Å². The average molecular weight is 391 g/mol. The number of anilines is 1. The van der Waals surface area contributed by atoms with Gasteiger partial charge >= 0.3 is 0 Å². The lowest BCUT2D eigenvalue weighted by molar-refractivity contribution is -0.140. The van der Waals surface area contributed by atoms with Crippen molar-refractivity contribution < 1.29 is 13.9 Å². The molecule has 6 heteroatoms. The first-order valence-electron chi connectivity index (χ1n) is 10.1. The standard InChI is InChI=1S/C23H22FN3O2/c24-18-14-16(15-25)6-7-20(18)26-12-10-23(11-13-26)22(28)27-19(8-9-21(27)29-23)17-4-2-1-3-5-17/h1-7,14,19,21H,8-13H2/t19-,21+/m0/s1. The summed E-state index contributed by atoms with van der Waals surface area (Å²) in [6.45, 7) is 1.09. The van der Waals surface area contributed by atoms with Crippen LogP contribution < -0.4 is 4.90 Å². The number of carbonyl (C=O) groups excluding carboxylic acids is 1. The maximum atomic E-state index is 14.4. The number of fused-ring (bicyclic) bond motifs is 1. The number of amides is 1. The Morgan fingerprint density at radius 1 is 1.10 bits per heavy atom. The zero-order chi connectivity index (χ0) is 20.0. The number of hydrogen-bond acceptors (Lipinski definition) is 4. The second kappa shape index (κ2) is 6.85. The van der Waals surface area contributed by atoms with Gasteiger partial charge in [-0.2, -0.15) is 5.26 Å². The Kier molecular flexibility index (Phi) is 4.29. The third-order valence-corrected chi connectivity index (χ3v) is 6.49. The van der Waals surface area contributed by atoms with Crippen LogP contribution in [0, 0.1) is 17.1 Å². The Labute approximate surface area is 169 Å². The second-order valence-electron chi connectivity index (χ2n) is 8.05. The Bertz CT molecular complexity index is 979. The predicted octanol–water partition coefficient (Wildman–Crippen LogP) is 3.76. The van der Waals surface area contributed by atoms with Crippen LogP contribution in [0.25, 0.3) is 0 Å². The minimum absolute atomic E-state index is 0.0714. The summed E-state index contributed by atoms with van der Waals surface area (Å²) in [5.74, 6) is -0.322. The van der Waals surface area contributed by atoms with Crippen LogP contribution in [0.4, 0.5) is 10.1 Å². The summed E-state index contributed by atoms with van der Waals surface area (Å²) in [4.78, 5) is 17.3. The zero-order valence-corrected chi connectivity index (χ0v) is 16.1. The summed E-state index contributed by atoms with van der Waals surface area (Å²) >= 11 is 0. The Balaban J connectivity index is 1.33.